The first-order chi connectivity index (χ1) is 6.09. The zero-order chi connectivity index (χ0) is 9.47. The van der Waals surface area contributed by atoms with Crippen molar-refractivity contribution in [3.63, 3.8) is 0 Å². The van der Waals surface area contributed by atoms with Crippen LogP contribution in [0.1, 0.15) is 12.0 Å². The van der Waals surface area contributed by atoms with E-state index in [1.165, 1.54) is 12.3 Å². The summed E-state index contributed by atoms with van der Waals surface area (Å²) in [6.45, 7) is 0.272. The minimum absolute atomic E-state index is 0.0203. The topological polar surface area (TPSA) is 24.9 Å². The highest BCUT2D eigenvalue weighted by Gasteiger charge is 2.37. The summed E-state index contributed by atoms with van der Waals surface area (Å²) < 4.78 is 27.1. The molecule has 0 radical (unpaired) electrons. The molecule has 0 aliphatic carbocycles. The third kappa shape index (κ3) is 1.52. The molecule has 0 atom stereocenters. The van der Waals surface area contributed by atoms with Crippen LogP contribution in [0.3, 0.4) is 0 Å². The number of hydrogen-bond donors (Lipinski definition) is 1. The molecule has 0 aromatic carbocycles. The van der Waals surface area contributed by atoms with Crippen LogP contribution >= 0.6 is 15.9 Å². The molecule has 0 saturated carbocycles. The van der Waals surface area contributed by atoms with Gasteiger partial charge in [-0.15, -0.1) is 0 Å². The second kappa shape index (κ2) is 2.90. The van der Waals surface area contributed by atoms with E-state index in [1.54, 1.807) is 0 Å². The zero-order valence-electron chi connectivity index (χ0n) is 6.65. The van der Waals surface area contributed by atoms with Crippen molar-refractivity contribution in [3.8, 4) is 0 Å². The third-order valence-electron chi connectivity index (χ3n) is 1.98. The summed E-state index contributed by atoms with van der Waals surface area (Å²) in [6.07, 6.45) is 1.34. The quantitative estimate of drug-likeness (QED) is 0.764. The Bertz CT molecular complexity index is 341. The highest BCUT2D eigenvalue weighted by molar-refractivity contribution is 9.10. The van der Waals surface area contributed by atoms with Crippen molar-refractivity contribution in [1.29, 1.82) is 0 Å². The summed E-state index contributed by atoms with van der Waals surface area (Å²) in [5.41, 5.74) is -0.0203. The van der Waals surface area contributed by atoms with Gasteiger partial charge in [-0.2, -0.15) is 0 Å². The molecule has 2 rings (SSSR count). The summed E-state index contributed by atoms with van der Waals surface area (Å²) in [5, 5.41) is 2.83. The van der Waals surface area contributed by atoms with Crippen LogP contribution in [0.25, 0.3) is 0 Å². The number of alkyl halides is 2. The zero-order valence-corrected chi connectivity index (χ0v) is 8.24. The van der Waals surface area contributed by atoms with Gasteiger partial charge < -0.3 is 5.32 Å². The molecule has 13 heavy (non-hydrogen) atoms. The van der Waals surface area contributed by atoms with Gasteiger partial charge in [0, 0.05) is 23.6 Å². The van der Waals surface area contributed by atoms with Gasteiger partial charge in [0.05, 0.1) is 5.56 Å². The minimum Gasteiger partial charge on any atom is -0.369 e. The van der Waals surface area contributed by atoms with Crippen molar-refractivity contribution in [2.75, 3.05) is 11.9 Å². The first-order valence-electron chi connectivity index (χ1n) is 3.87. The Morgan fingerprint density at radius 2 is 2.31 bits per heavy atom. The molecule has 1 N–H and O–H groups in total. The average molecular weight is 249 g/mol. The van der Waals surface area contributed by atoms with Crippen LogP contribution < -0.4 is 5.32 Å². The van der Waals surface area contributed by atoms with E-state index in [-0.39, 0.29) is 18.5 Å². The molecular weight excluding hydrogens is 242 g/mol. The Balaban J connectivity index is 2.55. The molecular formula is C8H7BrF2N2. The molecule has 1 aromatic rings. The number of fused-ring (bicyclic) bond motifs is 1. The SMILES string of the molecule is FC1(F)CCNc2ncc(Br)cc21. The first-order valence-corrected chi connectivity index (χ1v) is 4.66. The van der Waals surface area contributed by atoms with Gasteiger partial charge in [-0.1, -0.05) is 0 Å². The smallest absolute Gasteiger partial charge is 0.278 e. The molecule has 0 saturated heterocycles. The van der Waals surface area contributed by atoms with Gasteiger partial charge >= 0.3 is 0 Å². The summed E-state index contributed by atoms with van der Waals surface area (Å²) in [4.78, 5) is 3.88. The average Bonchev–Trinajstić information content (AvgIpc) is 2.06. The van der Waals surface area contributed by atoms with Crippen molar-refractivity contribution in [3.05, 3.63) is 22.3 Å². The van der Waals surface area contributed by atoms with Crippen molar-refractivity contribution in [2.45, 2.75) is 12.3 Å². The third-order valence-corrected chi connectivity index (χ3v) is 2.41. The Morgan fingerprint density at radius 1 is 1.54 bits per heavy atom. The van der Waals surface area contributed by atoms with Crippen molar-refractivity contribution < 1.29 is 8.78 Å². The number of nitrogens with zero attached hydrogens (tertiary/aromatic N) is 1. The highest BCUT2D eigenvalue weighted by atomic mass is 79.9. The molecule has 0 spiro atoms. The van der Waals surface area contributed by atoms with Crippen LogP contribution in [-0.4, -0.2) is 11.5 Å². The van der Waals surface area contributed by atoms with Crippen LogP contribution in [0.15, 0.2) is 16.7 Å². The lowest BCUT2D eigenvalue weighted by atomic mass is 10.0. The van der Waals surface area contributed by atoms with E-state index in [9.17, 15) is 8.78 Å². The fourth-order valence-electron chi connectivity index (χ4n) is 1.33. The Hall–Kier alpha value is -0.710. The Labute approximate surface area is 82.5 Å². The van der Waals surface area contributed by atoms with Gasteiger partial charge in [0.2, 0.25) is 0 Å². The van der Waals surface area contributed by atoms with E-state index in [4.69, 9.17) is 0 Å². The van der Waals surface area contributed by atoms with E-state index in [1.807, 2.05) is 0 Å². The molecule has 0 unspecified atom stereocenters. The van der Waals surface area contributed by atoms with E-state index < -0.39 is 5.92 Å². The van der Waals surface area contributed by atoms with Gasteiger partial charge in [-0.25, -0.2) is 13.8 Å². The second-order valence-electron chi connectivity index (χ2n) is 2.93. The maximum atomic E-state index is 13.3. The van der Waals surface area contributed by atoms with Gasteiger partial charge in [0.25, 0.3) is 5.92 Å². The van der Waals surface area contributed by atoms with Crippen molar-refractivity contribution in [2.24, 2.45) is 0 Å². The van der Waals surface area contributed by atoms with E-state index in [0.29, 0.717) is 10.3 Å². The molecule has 0 amide bonds. The lowest BCUT2D eigenvalue weighted by molar-refractivity contribution is -0.0127. The number of rotatable bonds is 0. The summed E-state index contributed by atoms with van der Waals surface area (Å²) in [7, 11) is 0. The van der Waals surface area contributed by atoms with Crippen LogP contribution in [0.2, 0.25) is 0 Å². The molecule has 2 heterocycles. The first kappa shape index (κ1) is 8.87. The molecule has 0 fully saturated rings. The predicted octanol–water partition coefficient (Wildman–Crippen LogP) is 2.75. The molecule has 70 valence electrons. The van der Waals surface area contributed by atoms with E-state index in [2.05, 4.69) is 26.2 Å². The monoisotopic (exact) mass is 248 g/mol. The van der Waals surface area contributed by atoms with Gasteiger partial charge in [-0.3, -0.25) is 0 Å². The Kier molecular flexibility index (Phi) is 1.98. The fraction of sp³-hybridized carbons (Fsp3) is 0.375. The van der Waals surface area contributed by atoms with Gasteiger partial charge in [0.1, 0.15) is 5.82 Å². The lowest BCUT2D eigenvalue weighted by Gasteiger charge is -2.25. The second-order valence-corrected chi connectivity index (χ2v) is 3.85. The summed E-state index contributed by atoms with van der Waals surface area (Å²) >= 11 is 3.12. The fourth-order valence-corrected chi connectivity index (χ4v) is 1.66. The van der Waals surface area contributed by atoms with Gasteiger partial charge in [-0.05, 0) is 22.0 Å². The molecule has 1 aliphatic heterocycles. The number of anilines is 1. The Morgan fingerprint density at radius 3 is 3.08 bits per heavy atom. The molecule has 1 aromatic heterocycles. The van der Waals surface area contributed by atoms with E-state index >= 15 is 0 Å². The minimum atomic E-state index is -2.75. The van der Waals surface area contributed by atoms with Crippen LogP contribution in [0.4, 0.5) is 14.6 Å². The van der Waals surface area contributed by atoms with Crippen molar-refractivity contribution in [1.82, 2.24) is 4.98 Å². The summed E-state index contributed by atoms with van der Waals surface area (Å²) in [5.74, 6) is -2.46. The van der Waals surface area contributed by atoms with Gasteiger partial charge in [0.15, 0.2) is 0 Å². The van der Waals surface area contributed by atoms with E-state index in [0.717, 1.165) is 0 Å². The molecule has 5 heteroatoms. The standard InChI is InChI=1S/C8H7BrF2N2/c9-5-3-6-7(13-4-5)12-2-1-8(6,10)11/h3-4H,1-2H2,(H,12,13). The number of hydrogen-bond acceptors (Lipinski definition) is 2. The normalized spacial score (nSPS) is 19.0. The number of nitrogens with one attached hydrogen (secondary N) is 1. The lowest BCUT2D eigenvalue weighted by Crippen LogP contribution is -2.26. The molecule has 0 bridgehead atoms. The molecule has 2 nitrogen and oxygen atoms in total. The highest BCUT2D eigenvalue weighted by Crippen LogP contribution is 2.39. The van der Waals surface area contributed by atoms with Crippen LogP contribution in [-0.2, 0) is 5.92 Å². The number of pyridine rings is 1. The van der Waals surface area contributed by atoms with Crippen molar-refractivity contribution >= 4 is 21.7 Å². The van der Waals surface area contributed by atoms with Crippen LogP contribution in [0, 0.1) is 0 Å². The largest absolute Gasteiger partial charge is 0.369 e. The maximum absolute atomic E-state index is 13.3. The number of aromatic nitrogens is 1. The summed E-state index contributed by atoms with van der Waals surface area (Å²) in [6, 6.07) is 1.41. The molecule has 1 aliphatic rings. The van der Waals surface area contributed by atoms with Crippen LogP contribution in [0.5, 0.6) is 0 Å². The predicted molar refractivity (Wildman–Crippen MR) is 48.9 cm³/mol. The number of halogens is 3. The maximum Gasteiger partial charge on any atom is 0.278 e.